The monoisotopic (exact) mass is 283 g/mol. The molecule has 1 atom stereocenters. The van der Waals surface area contributed by atoms with E-state index >= 15 is 0 Å². The number of aliphatic carboxylic acids is 2. The average molecular weight is 283 g/mol. The average Bonchev–Trinajstić information content (AvgIpc) is 2.34. The van der Waals surface area contributed by atoms with Crippen LogP contribution < -0.4 is 5.73 Å². The molecule has 0 saturated heterocycles. The summed E-state index contributed by atoms with van der Waals surface area (Å²) in [4.78, 5) is 20.0. The van der Waals surface area contributed by atoms with Crippen molar-refractivity contribution in [2.45, 2.75) is 19.4 Å². The van der Waals surface area contributed by atoms with E-state index in [1.165, 1.54) is 25.1 Å². The number of hydrogen-bond donors (Lipinski definition) is 5. The van der Waals surface area contributed by atoms with Crippen LogP contribution >= 0.6 is 0 Å². The van der Waals surface area contributed by atoms with Gasteiger partial charge < -0.3 is 26.2 Å². The van der Waals surface area contributed by atoms with Gasteiger partial charge in [0, 0.05) is 5.57 Å². The summed E-state index contributed by atoms with van der Waals surface area (Å²) in [6, 6.07) is 3.09. The molecule has 0 amide bonds. The van der Waals surface area contributed by atoms with Crippen LogP contribution in [0.4, 0.5) is 0 Å². The Labute approximate surface area is 115 Å². The molecule has 0 aliphatic heterocycles. The molecule has 20 heavy (non-hydrogen) atoms. The van der Waals surface area contributed by atoms with Gasteiger partial charge in [0.1, 0.15) is 6.04 Å². The standard InChI is InChI=1S/C9H11NO4.C4H6O2/c10-6(9(13)14)3-5-1-2-7(11)8(12)4-5;1-3(2)4(5)6/h1-2,4,6,11-12H,3,10H2,(H,13,14);1H2,2H3,(H,5,6). The third kappa shape index (κ3) is 6.41. The van der Waals surface area contributed by atoms with E-state index in [4.69, 9.17) is 26.2 Å². The third-order valence-electron chi connectivity index (χ3n) is 2.18. The maximum Gasteiger partial charge on any atom is 0.330 e. The van der Waals surface area contributed by atoms with E-state index in [1.807, 2.05) is 0 Å². The molecule has 110 valence electrons. The number of carbonyl (C=O) groups is 2. The first-order chi connectivity index (χ1) is 9.15. The maximum absolute atomic E-state index is 10.4. The zero-order chi connectivity index (χ0) is 15.9. The van der Waals surface area contributed by atoms with Crippen molar-refractivity contribution in [3.63, 3.8) is 0 Å². The Morgan fingerprint density at radius 1 is 1.25 bits per heavy atom. The van der Waals surface area contributed by atoms with Crippen LogP contribution in [0, 0.1) is 0 Å². The molecule has 1 rings (SSSR count). The molecular formula is C13H17NO6. The maximum atomic E-state index is 10.4. The van der Waals surface area contributed by atoms with Crippen molar-refractivity contribution in [1.29, 1.82) is 0 Å². The minimum Gasteiger partial charge on any atom is -0.504 e. The lowest BCUT2D eigenvalue weighted by molar-refractivity contribution is -0.138. The highest BCUT2D eigenvalue weighted by molar-refractivity contribution is 5.84. The zero-order valence-electron chi connectivity index (χ0n) is 10.9. The quantitative estimate of drug-likeness (QED) is 0.404. The minimum atomic E-state index is -1.10. The fourth-order valence-electron chi connectivity index (χ4n) is 1.04. The summed E-state index contributed by atoms with van der Waals surface area (Å²) in [6.45, 7) is 4.60. The predicted octanol–water partition coefficient (Wildman–Crippen LogP) is 0.699. The zero-order valence-corrected chi connectivity index (χ0v) is 10.9. The van der Waals surface area contributed by atoms with E-state index in [1.54, 1.807) is 0 Å². The number of aromatic hydroxyl groups is 2. The van der Waals surface area contributed by atoms with E-state index in [2.05, 4.69) is 6.58 Å². The third-order valence-corrected chi connectivity index (χ3v) is 2.18. The molecule has 0 aliphatic carbocycles. The Morgan fingerprint density at radius 2 is 1.75 bits per heavy atom. The van der Waals surface area contributed by atoms with Gasteiger partial charge in [-0.1, -0.05) is 12.6 Å². The molecule has 0 saturated carbocycles. The van der Waals surface area contributed by atoms with Gasteiger partial charge in [0.15, 0.2) is 11.5 Å². The van der Waals surface area contributed by atoms with Crippen molar-refractivity contribution >= 4 is 11.9 Å². The van der Waals surface area contributed by atoms with Gasteiger partial charge in [-0.05, 0) is 31.0 Å². The molecule has 1 unspecified atom stereocenters. The lowest BCUT2D eigenvalue weighted by Gasteiger charge is -2.06. The normalized spacial score (nSPS) is 10.9. The van der Waals surface area contributed by atoms with Crippen molar-refractivity contribution in [3.8, 4) is 11.5 Å². The Morgan fingerprint density at radius 3 is 2.10 bits per heavy atom. The van der Waals surface area contributed by atoms with Gasteiger partial charge in [0.05, 0.1) is 0 Å². The van der Waals surface area contributed by atoms with Crippen molar-refractivity contribution in [2.24, 2.45) is 5.73 Å². The lowest BCUT2D eigenvalue weighted by atomic mass is 10.1. The second kappa shape index (κ2) is 7.80. The number of carboxylic acid groups (broad SMARTS) is 2. The highest BCUT2D eigenvalue weighted by Gasteiger charge is 2.12. The van der Waals surface area contributed by atoms with Gasteiger partial charge in [-0.3, -0.25) is 4.79 Å². The first-order valence-corrected chi connectivity index (χ1v) is 5.53. The molecule has 7 nitrogen and oxygen atoms in total. The Kier molecular flexibility index (Phi) is 6.81. The largest absolute Gasteiger partial charge is 0.504 e. The van der Waals surface area contributed by atoms with Crippen LogP contribution in [0.15, 0.2) is 30.4 Å². The molecule has 0 heterocycles. The predicted molar refractivity (Wildman–Crippen MR) is 71.5 cm³/mol. The van der Waals surface area contributed by atoms with Crippen LogP contribution in [0.25, 0.3) is 0 Å². The molecule has 0 fully saturated rings. The lowest BCUT2D eigenvalue weighted by Crippen LogP contribution is -2.32. The SMILES string of the molecule is C=C(C)C(=O)O.NC(Cc1ccc(O)c(O)c1)C(=O)O. The topological polar surface area (TPSA) is 141 Å². The summed E-state index contributed by atoms with van der Waals surface area (Å²) >= 11 is 0. The fourth-order valence-corrected chi connectivity index (χ4v) is 1.04. The van der Waals surface area contributed by atoms with Crippen LogP contribution in [-0.2, 0) is 16.0 Å². The molecule has 0 radical (unpaired) electrons. The fraction of sp³-hybridized carbons (Fsp3) is 0.231. The van der Waals surface area contributed by atoms with Gasteiger partial charge in [-0.25, -0.2) is 4.79 Å². The molecule has 0 spiro atoms. The molecule has 1 aromatic carbocycles. The smallest absolute Gasteiger partial charge is 0.330 e. The van der Waals surface area contributed by atoms with E-state index in [-0.39, 0.29) is 23.5 Å². The second-order valence-electron chi connectivity index (χ2n) is 4.06. The number of phenolic OH excluding ortho intramolecular Hbond substituents is 2. The summed E-state index contributed by atoms with van der Waals surface area (Å²) < 4.78 is 0. The van der Waals surface area contributed by atoms with E-state index in [0.717, 1.165) is 0 Å². The number of nitrogens with two attached hydrogens (primary N) is 1. The Bertz CT molecular complexity index is 500. The van der Waals surface area contributed by atoms with Crippen LogP contribution in [0.3, 0.4) is 0 Å². The number of hydrogen-bond acceptors (Lipinski definition) is 5. The van der Waals surface area contributed by atoms with Crippen LogP contribution in [0.2, 0.25) is 0 Å². The summed E-state index contributed by atoms with van der Waals surface area (Å²) in [5.74, 6) is -2.55. The molecule has 7 heteroatoms. The molecule has 0 bridgehead atoms. The first-order valence-electron chi connectivity index (χ1n) is 5.53. The summed E-state index contributed by atoms with van der Waals surface area (Å²) in [6.07, 6.45) is 0.114. The van der Waals surface area contributed by atoms with Crippen LogP contribution in [-0.4, -0.2) is 38.4 Å². The number of carboxylic acids is 2. The van der Waals surface area contributed by atoms with Gasteiger partial charge in [0.25, 0.3) is 0 Å². The molecule has 0 aromatic heterocycles. The number of phenols is 2. The second-order valence-corrected chi connectivity index (χ2v) is 4.06. The van der Waals surface area contributed by atoms with Crippen molar-refractivity contribution in [2.75, 3.05) is 0 Å². The number of rotatable bonds is 4. The van der Waals surface area contributed by atoms with Gasteiger partial charge in [-0.15, -0.1) is 0 Å². The van der Waals surface area contributed by atoms with Gasteiger partial charge in [-0.2, -0.15) is 0 Å². The highest BCUT2D eigenvalue weighted by Crippen LogP contribution is 2.25. The number of benzene rings is 1. The molecule has 6 N–H and O–H groups in total. The summed E-state index contributed by atoms with van der Waals surface area (Å²) in [5, 5.41) is 34.5. The van der Waals surface area contributed by atoms with Gasteiger partial charge in [0.2, 0.25) is 0 Å². The van der Waals surface area contributed by atoms with Crippen LogP contribution in [0.1, 0.15) is 12.5 Å². The minimum absolute atomic E-state index is 0.114. The van der Waals surface area contributed by atoms with E-state index in [9.17, 15) is 9.59 Å². The Hall–Kier alpha value is -2.54. The molecule has 0 aliphatic rings. The van der Waals surface area contributed by atoms with Crippen LogP contribution in [0.5, 0.6) is 11.5 Å². The first kappa shape index (κ1) is 17.5. The Balaban J connectivity index is 0.000000511. The van der Waals surface area contributed by atoms with E-state index < -0.39 is 18.0 Å². The summed E-state index contributed by atoms with van der Waals surface area (Å²) in [7, 11) is 0. The van der Waals surface area contributed by atoms with Crippen molar-refractivity contribution < 1.29 is 30.0 Å². The van der Waals surface area contributed by atoms with Crippen molar-refractivity contribution in [1.82, 2.24) is 0 Å². The summed E-state index contributed by atoms with van der Waals surface area (Å²) in [5.41, 5.74) is 6.03. The van der Waals surface area contributed by atoms with Gasteiger partial charge >= 0.3 is 11.9 Å². The van der Waals surface area contributed by atoms with Crippen molar-refractivity contribution in [3.05, 3.63) is 35.9 Å². The highest BCUT2D eigenvalue weighted by atomic mass is 16.4. The van der Waals surface area contributed by atoms with E-state index in [0.29, 0.717) is 5.56 Å². The molecular weight excluding hydrogens is 266 g/mol. The molecule has 1 aromatic rings.